The number of benzene rings is 1. The number of nitrogens with zero attached hydrogens (tertiary/aromatic N) is 1. The zero-order valence-electron chi connectivity index (χ0n) is 19.4. The van der Waals surface area contributed by atoms with E-state index < -0.39 is 66.4 Å². The minimum atomic E-state index is -1.46. The Kier molecular flexibility index (Phi) is 10.2. The molecule has 0 aromatic heterocycles. The lowest BCUT2D eigenvalue weighted by Crippen LogP contribution is -2.58. The van der Waals surface area contributed by atoms with E-state index in [2.05, 4.69) is 10.6 Å². The topological polar surface area (TPSA) is 199 Å². The van der Waals surface area contributed by atoms with Gasteiger partial charge in [0.25, 0.3) is 0 Å². The van der Waals surface area contributed by atoms with Crippen LogP contribution in [0, 0.1) is 0 Å². The van der Waals surface area contributed by atoms with Crippen LogP contribution in [0.3, 0.4) is 0 Å². The molecule has 192 valence electrons. The van der Waals surface area contributed by atoms with E-state index in [0.29, 0.717) is 18.4 Å². The fourth-order valence-electron chi connectivity index (χ4n) is 3.83. The van der Waals surface area contributed by atoms with Crippen molar-refractivity contribution in [2.24, 2.45) is 5.73 Å². The zero-order valence-corrected chi connectivity index (χ0v) is 19.4. The molecule has 0 radical (unpaired) electrons. The summed E-state index contributed by atoms with van der Waals surface area (Å²) in [6.07, 6.45) is -0.998. The molecule has 1 heterocycles. The van der Waals surface area contributed by atoms with Gasteiger partial charge in [0.15, 0.2) is 0 Å². The Hall–Kier alpha value is -3.51. The van der Waals surface area contributed by atoms with Gasteiger partial charge in [0, 0.05) is 19.4 Å². The van der Waals surface area contributed by atoms with Crippen molar-refractivity contribution in [3.05, 3.63) is 35.9 Å². The van der Waals surface area contributed by atoms with Gasteiger partial charge in [0.1, 0.15) is 24.2 Å². The Labute approximate surface area is 202 Å². The van der Waals surface area contributed by atoms with Gasteiger partial charge in [-0.05, 0) is 31.7 Å². The number of nitrogens with two attached hydrogens (primary N) is 1. The zero-order chi connectivity index (χ0) is 26.1. The smallest absolute Gasteiger partial charge is 0.326 e. The number of carbonyl (C=O) groups is 5. The molecular formula is C23H32N4O8. The molecule has 1 fully saturated rings. The maximum absolute atomic E-state index is 13.1. The Balaban J connectivity index is 2.19. The van der Waals surface area contributed by atoms with Crippen LogP contribution >= 0.6 is 0 Å². The van der Waals surface area contributed by atoms with Crippen LogP contribution in [0.4, 0.5) is 0 Å². The summed E-state index contributed by atoms with van der Waals surface area (Å²) in [5.41, 5.74) is 6.45. The van der Waals surface area contributed by atoms with Crippen LogP contribution in [0.1, 0.15) is 38.2 Å². The molecule has 1 aromatic carbocycles. The average Bonchev–Trinajstić information content (AvgIpc) is 3.30. The quantitative estimate of drug-likeness (QED) is 0.208. The molecular weight excluding hydrogens is 460 g/mol. The highest BCUT2D eigenvalue weighted by atomic mass is 16.4. The maximum Gasteiger partial charge on any atom is 0.326 e. The number of carbonyl (C=O) groups excluding carboxylic acids is 3. The van der Waals surface area contributed by atoms with Crippen molar-refractivity contribution in [1.82, 2.24) is 15.5 Å². The first-order chi connectivity index (χ1) is 16.5. The monoisotopic (exact) mass is 492 g/mol. The lowest BCUT2D eigenvalue weighted by molar-refractivity contribution is -0.144. The molecule has 0 spiro atoms. The van der Waals surface area contributed by atoms with Gasteiger partial charge in [0.05, 0.1) is 6.10 Å². The van der Waals surface area contributed by atoms with E-state index in [9.17, 15) is 34.2 Å². The van der Waals surface area contributed by atoms with Crippen molar-refractivity contribution in [3.63, 3.8) is 0 Å². The number of hydrogen-bond acceptors (Lipinski definition) is 7. The Bertz CT molecular complexity index is 923. The van der Waals surface area contributed by atoms with Gasteiger partial charge in [0.2, 0.25) is 17.7 Å². The number of likely N-dealkylation sites (tertiary alicyclic amines) is 1. The van der Waals surface area contributed by atoms with Crippen LogP contribution in [-0.4, -0.2) is 86.7 Å². The van der Waals surface area contributed by atoms with Crippen LogP contribution < -0.4 is 16.4 Å². The van der Waals surface area contributed by atoms with Crippen LogP contribution in [-0.2, 0) is 30.4 Å². The summed E-state index contributed by atoms with van der Waals surface area (Å²) in [6.45, 7) is 1.64. The van der Waals surface area contributed by atoms with E-state index >= 15 is 0 Å². The number of carboxylic acid groups (broad SMARTS) is 2. The van der Waals surface area contributed by atoms with E-state index in [1.807, 2.05) is 0 Å². The molecule has 35 heavy (non-hydrogen) atoms. The number of carboxylic acids is 2. The summed E-state index contributed by atoms with van der Waals surface area (Å²) >= 11 is 0. The molecule has 3 amide bonds. The second kappa shape index (κ2) is 12.8. The van der Waals surface area contributed by atoms with Crippen LogP contribution in [0.15, 0.2) is 30.3 Å². The highest BCUT2D eigenvalue weighted by molar-refractivity contribution is 5.94. The van der Waals surface area contributed by atoms with Gasteiger partial charge in [-0.15, -0.1) is 0 Å². The third-order valence-electron chi connectivity index (χ3n) is 5.82. The molecule has 12 nitrogen and oxygen atoms in total. The fraction of sp³-hybridized carbons (Fsp3) is 0.522. The number of rotatable bonds is 12. The minimum Gasteiger partial charge on any atom is -0.481 e. The average molecular weight is 493 g/mol. The van der Waals surface area contributed by atoms with E-state index in [1.54, 1.807) is 30.3 Å². The summed E-state index contributed by atoms with van der Waals surface area (Å²) in [5.74, 6) is -4.59. The molecule has 0 aliphatic carbocycles. The first-order valence-electron chi connectivity index (χ1n) is 11.3. The number of hydrogen-bond donors (Lipinski definition) is 6. The van der Waals surface area contributed by atoms with Crippen molar-refractivity contribution >= 4 is 29.7 Å². The van der Waals surface area contributed by atoms with Gasteiger partial charge >= 0.3 is 11.9 Å². The van der Waals surface area contributed by atoms with Crippen molar-refractivity contribution < 1.29 is 39.3 Å². The molecule has 7 N–H and O–H groups in total. The van der Waals surface area contributed by atoms with Crippen LogP contribution in [0.2, 0.25) is 0 Å². The number of aliphatic hydroxyl groups is 1. The van der Waals surface area contributed by atoms with Crippen LogP contribution in [0.5, 0.6) is 0 Å². The van der Waals surface area contributed by atoms with Gasteiger partial charge in [-0.1, -0.05) is 30.3 Å². The molecule has 0 saturated carbocycles. The molecule has 1 aliphatic rings. The largest absolute Gasteiger partial charge is 0.481 e. The summed E-state index contributed by atoms with van der Waals surface area (Å²) in [7, 11) is 0. The third kappa shape index (κ3) is 8.04. The number of aliphatic carboxylic acids is 2. The number of amides is 3. The molecule has 1 aliphatic heterocycles. The van der Waals surface area contributed by atoms with Gasteiger partial charge < -0.3 is 36.6 Å². The SMILES string of the molecule is CC(O)C(N)C(=O)N1CCCC1C(=O)NC(Cc1ccccc1)C(=O)NC(CCC(=O)O)C(=O)O. The van der Waals surface area contributed by atoms with E-state index in [1.165, 1.54) is 11.8 Å². The first kappa shape index (κ1) is 27.7. The molecule has 2 rings (SSSR count). The second-order valence-electron chi connectivity index (χ2n) is 8.54. The summed E-state index contributed by atoms with van der Waals surface area (Å²) in [4.78, 5) is 62.4. The summed E-state index contributed by atoms with van der Waals surface area (Å²) < 4.78 is 0. The molecule has 0 bridgehead atoms. The third-order valence-corrected chi connectivity index (χ3v) is 5.82. The summed E-state index contributed by atoms with van der Waals surface area (Å²) in [5, 5.41) is 32.8. The molecule has 1 saturated heterocycles. The molecule has 5 unspecified atom stereocenters. The summed E-state index contributed by atoms with van der Waals surface area (Å²) in [6, 6.07) is 4.00. The predicted octanol–water partition coefficient (Wildman–Crippen LogP) is -1.15. The minimum absolute atomic E-state index is 0.0392. The highest BCUT2D eigenvalue weighted by Crippen LogP contribution is 2.19. The van der Waals surface area contributed by atoms with E-state index in [4.69, 9.17) is 10.8 Å². The predicted molar refractivity (Wildman–Crippen MR) is 123 cm³/mol. The maximum atomic E-state index is 13.1. The molecule has 5 atom stereocenters. The van der Waals surface area contributed by atoms with Crippen LogP contribution in [0.25, 0.3) is 0 Å². The van der Waals surface area contributed by atoms with Crippen molar-refractivity contribution in [1.29, 1.82) is 0 Å². The lowest BCUT2D eigenvalue weighted by Gasteiger charge is -2.29. The molecule has 1 aromatic rings. The van der Waals surface area contributed by atoms with E-state index in [0.717, 1.165) is 0 Å². The Morgan fingerprint density at radius 1 is 1.09 bits per heavy atom. The highest BCUT2D eigenvalue weighted by Gasteiger charge is 2.38. The normalized spacial score (nSPS) is 18.7. The number of aliphatic hydroxyl groups excluding tert-OH is 1. The van der Waals surface area contributed by atoms with E-state index in [-0.39, 0.29) is 19.4 Å². The molecule has 12 heteroatoms. The lowest BCUT2D eigenvalue weighted by atomic mass is 10.0. The van der Waals surface area contributed by atoms with Crippen molar-refractivity contribution in [2.75, 3.05) is 6.54 Å². The fourth-order valence-corrected chi connectivity index (χ4v) is 3.83. The Morgan fingerprint density at radius 2 is 1.74 bits per heavy atom. The van der Waals surface area contributed by atoms with Crippen molar-refractivity contribution in [2.45, 2.75) is 69.3 Å². The first-order valence-corrected chi connectivity index (χ1v) is 11.3. The van der Waals surface area contributed by atoms with Crippen molar-refractivity contribution in [3.8, 4) is 0 Å². The standard InChI is InChI=1S/C23H32N4O8/c1-13(28)19(24)22(33)27-11-5-8-17(27)21(32)26-16(12-14-6-3-2-4-7-14)20(31)25-15(23(34)35)9-10-18(29)30/h2-4,6-7,13,15-17,19,28H,5,8-12,24H2,1H3,(H,25,31)(H,26,32)(H,29,30)(H,34,35). The van der Waals surface area contributed by atoms with Gasteiger partial charge in [-0.3, -0.25) is 19.2 Å². The van der Waals surface area contributed by atoms with Gasteiger partial charge in [-0.2, -0.15) is 0 Å². The second-order valence-corrected chi connectivity index (χ2v) is 8.54. The Morgan fingerprint density at radius 3 is 2.31 bits per heavy atom. The number of nitrogens with one attached hydrogen (secondary N) is 2. The van der Waals surface area contributed by atoms with Gasteiger partial charge in [-0.25, -0.2) is 4.79 Å².